The van der Waals surface area contributed by atoms with Crippen LogP contribution in [0.5, 0.6) is 0 Å². The number of thiazole rings is 1. The van der Waals surface area contributed by atoms with Crippen LogP contribution < -0.4 is 20.8 Å². The summed E-state index contributed by atoms with van der Waals surface area (Å²) < 4.78 is 3.33. The average Bonchev–Trinajstić information content (AvgIpc) is 3.44. The third-order valence-corrected chi connectivity index (χ3v) is 7.60. The van der Waals surface area contributed by atoms with Gasteiger partial charge in [0.25, 0.3) is 0 Å². The Morgan fingerprint density at radius 1 is 1.17 bits per heavy atom. The molecular formula is C24H30N8O2S. The molecule has 184 valence electrons. The summed E-state index contributed by atoms with van der Waals surface area (Å²) in [5.74, 6) is -0.309. The van der Waals surface area contributed by atoms with Crippen LogP contribution in [0, 0.1) is 6.92 Å². The van der Waals surface area contributed by atoms with Crippen LogP contribution in [0.3, 0.4) is 0 Å². The summed E-state index contributed by atoms with van der Waals surface area (Å²) in [4.78, 5) is 39.3. The van der Waals surface area contributed by atoms with Crippen molar-refractivity contribution in [2.24, 2.45) is 0 Å². The highest BCUT2D eigenvalue weighted by Gasteiger charge is 2.20. The van der Waals surface area contributed by atoms with Gasteiger partial charge in [0.15, 0.2) is 16.4 Å². The second kappa shape index (κ2) is 9.65. The van der Waals surface area contributed by atoms with E-state index < -0.39 is 5.69 Å². The third-order valence-electron chi connectivity index (χ3n) is 6.50. The van der Waals surface area contributed by atoms with Crippen LogP contribution in [0.4, 0.5) is 16.5 Å². The summed E-state index contributed by atoms with van der Waals surface area (Å²) in [5, 5.41) is 8.30. The van der Waals surface area contributed by atoms with E-state index in [1.807, 2.05) is 19.1 Å². The first kappa shape index (κ1) is 23.3. The molecule has 1 amide bonds. The Bertz CT molecular complexity index is 1430. The molecule has 0 spiro atoms. The molecule has 0 unspecified atom stereocenters. The molecule has 1 N–H and O–H groups in total. The van der Waals surface area contributed by atoms with E-state index in [0.717, 1.165) is 65.8 Å². The Labute approximate surface area is 207 Å². The largest absolute Gasteiger partial charge is 0.372 e. The number of anilines is 3. The maximum Gasteiger partial charge on any atom is 0.352 e. The van der Waals surface area contributed by atoms with E-state index >= 15 is 0 Å². The lowest BCUT2D eigenvalue weighted by Gasteiger charge is -2.25. The monoisotopic (exact) mass is 494 g/mol. The summed E-state index contributed by atoms with van der Waals surface area (Å²) >= 11 is 1.50. The lowest BCUT2D eigenvalue weighted by atomic mass is 10.1. The molecule has 1 aliphatic heterocycles. The van der Waals surface area contributed by atoms with Crippen LogP contribution in [-0.2, 0) is 11.3 Å². The minimum atomic E-state index is -0.397. The SMILES string of the molecule is CCN(CC)c1ccc(NC(=O)Cn2nc3c4sc(N5CCCCC5)nc4ncn3c2=O)c(C)c1. The quantitative estimate of drug-likeness (QED) is 0.421. The zero-order chi connectivity index (χ0) is 24.5. The van der Waals surface area contributed by atoms with Crippen molar-refractivity contribution in [1.29, 1.82) is 0 Å². The van der Waals surface area contributed by atoms with Gasteiger partial charge in [0.1, 0.15) is 17.6 Å². The maximum atomic E-state index is 12.9. The highest BCUT2D eigenvalue weighted by molar-refractivity contribution is 7.22. The normalized spacial score (nSPS) is 14.1. The van der Waals surface area contributed by atoms with Crippen molar-refractivity contribution in [2.45, 2.75) is 46.6 Å². The highest BCUT2D eigenvalue weighted by atomic mass is 32.1. The molecule has 4 aromatic rings. The van der Waals surface area contributed by atoms with Gasteiger partial charge < -0.3 is 15.1 Å². The van der Waals surface area contributed by atoms with Crippen LogP contribution in [0.15, 0.2) is 29.3 Å². The first-order valence-electron chi connectivity index (χ1n) is 12.1. The van der Waals surface area contributed by atoms with Crippen molar-refractivity contribution >= 4 is 49.7 Å². The summed E-state index contributed by atoms with van der Waals surface area (Å²) in [6.45, 7) is 9.80. The van der Waals surface area contributed by atoms with Crippen LogP contribution in [0.25, 0.3) is 16.0 Å². The van der Waals surface area contributed by atoms with Gasteiger partial charge in [0, 0.05) is 37.6 Å². The number of nitrogens with one attached hydrogen (secondary N) is 1. The summed E-state index contributed by atoms with van der Waals surface area (Å²) in [5.41, 5.74) is 3.46. The van der Waals surface area contributed by atoms with Gasteiger partial charge in [-0.25, -0.2) is 18.9 Å². The third kappa shape index (κ3) is 4.47. The van der Waals surface area contributed by atoms with Crippen LogP contribution in [0.1, 0.15) is 38.7 Å². The number of aryl methyl sites for hydroxylation is 1. The lowest BCUT2D eigenvalue weighted by Crippen LogP contribution is -2.29. The number of carbonyl (C=O) groups is 1. The molecule has 10 nitrogen and oxygen atoms in total. The first-order chi connectivity index (χ1) is 17.0. The van der Waals surface area contributed by atoms with Crippen molar-refractivity contribution in [1.82, 2.24) is 24.1 Å². The molecule has 0 atom stereocenters. The Balaban J connectivity index is 1.37. The number of hydrogen-bond acceptors (Lipinski definition) is 8. The number of fused-ring (bicyclic) bond motifs is 3. The van der Waals surface area contributed by atoms with Crippen LogP contribution >= 0.6 is 11.3 Å². The molecule has 11 heteroatoms. The van der Waals surface area contributed by atoms with E-state index in [4.69, 9.17) is 0 Å². The average molecular weight is 495 g/mol. The smallest absolute Gasteiger partial charge is 0.352 e. The fourth-order valence-corrected chi connectivity index (χ4v) is 5.60. The van der Waals surface area contributed by atoms with Crippen LogP contribution in [-0.4, -0.2) is 56.2 Å². The van der Waals surface area contributed by atoms with Crippen molar-refractivity contribution in [2.75, 3.05) is 41.3 Å². The molecule has 5 rings (SSSR count). The van der Waals surface area contributed by atoms with E-state index in [1.54, 1.807) is 0 Å². The number of benzene rings is 1. The van der Waals surface area contributed by atoms with E-state index in [1.165, 1.54) is 33.2 Å². The zero-order valence-corrected chi connectivity index (χ0v) is 21.1. The fourth-order valence-electron chi connectivity index (χ4n) is 4.55. The second-order valence-corrected chi connectivity index (χ2v) is 9.77. The molecule has 0 aliphatic carbocycles. The maximum absolute atomic E-state index is 12.9. The molecule has 3 aromatic heterocycles. The number of nitrogens with zero attached hydrogens (tertiary/aromatic N) is 7. The van der Waals surface area contributed by atoms with Crippen molar-refractivity contribution in [3.8, 4) is 0 Å². The van der Waals surface area contributed by atoms with E-state index in [2.05, 4.69) is 50.1 Å². The first-order valence-corrected chi connectivity index (χ1v) is 12.9. The molecule has 1 fully saturated rings. The van der Waals surface area contributed by atoms with Gasteiger partial charge in [-0.05, 0) is 63.8 Å². The Kier molecular flexibility index (Phi) is 6.42. The molecule has 0 saturated carbocycles. The van der Waals surface area contributed by atoms with Gasteiger partial charge in [0.05, 0.1) is 0 Å². The molecule has 1 aromatic carbocycles. The number of amides is 1. The van der Waals surface area contributed by atoms with E-state index in [0.29, 0.717) is 11.3 Å². The van der Waals surface area contributed by atoms with Crippen LogP contribution in [0.2, 0.25) is 0 Å². The molecule has 1 aliphatic rings. The number of piperidine rings is 1. The highest BCUT2D eigenvalue weighted by Crippen LogP contribution is 2.31. The zero-order valence-electron chi connectivity index (χ0n) is 20.3. The molecular weight excluding hydrogens is 464 g/mol. The summed E-state index contributed by atoms with van der Waals surface area (Å²) in [7, 11) is 0. The Morgan fingerprint density at radius 2 is 1.94 bits per heavy atom. The van der Waals surface area contributed by atoms with Crippen molar-refractivity contribution in [3.63, 3.8) is 0 Å². The van der Waals surface area contributed by atoms with Crippen molar-refractivity contribution in [3.05, 3.63) is 40.6 Å². The van der Waals surface area contributed by atoms with Gasteiger partial charge in [-0.15, -0.1) is 5.10 Å². The molecule has 0 radical (unpaired) electrons. The van der Waals surface area contributed by atoms with Gasteiger partial charge >= 0.3 is 5.69 Å². The standard InChI is InChI=1S/C24H30N8O2S/c1-4-29(5-2)17-9-10-18(16(3)13-17)26-19(33)14-32-24(34)31-15-25-21-20(22(31)28-32)35-23(27-21)30-11-7-6-8-12-30/h9-10,13,15H,4-8,11-12,14H2,1-3H3,(H,26,33). The lowest BCUT2D eigenvalue weighted by molar-refractivity contribution is -0.117. The molecule has 0 bridgehead atoms. The predicted octanol–water partition coefficient (Wildman–Crippen LogP) is 3.28. The Hall–Kier alpha value is -3.47. The number of aromatic nitrogens is 5. The second-order valence-electron chi connectivity index (χ2n) is 8.79. The van der Waals surface area contributed by atoms with Gasteiger partial charge in [-0.3, -0.25) is 4.79 Å². The minimum absolute atomic E-state index is 0.184. The minimum Gasteiger partial charge on any atom is -0.372 e. The summed E-state index contributed by atoms with van der Waals surface area (Å²) in [6, 6.07) is 5.96. The number of hydrogen-bond donors (Lipinski definition) is 1. The van der Waals surface area contributed by atoms with Gasteiger partial charge in [-0.1, -0.05) is 11.3 Å². The summed E-state index contributed by atoms with van der Waals surface area (Å²) in [6.07, 6.45) is 4.99. The van der Waals surface area contributed by atoms with Gasteiger partial charge in [-0.2, -0.15) is 4.98 Å². The Morgan fingerprint density at radius 3 is 2.66 bits per heavy atom. The van der Waals surface area contributed by atoms with Crippen molar-refractivity contribution < 1.29 is 4.79 Å². The number of carbonyl (C=O) groups excluding carboxylic acids is 1. The topological polar surface area (TPSA) is 101 Å². The molecule has 4 heterocycles. The van der Waals surface area contributed by atoms with Gasteiger partial charge in [0.2, 0.25) is 5.91 Å². The number of rotatable bonds is 7. The molecule has 35 heavy (non-hydrogen) atoms. The predicted molar refractivity (Wildman–Crippen MR) is 140 cm³/mol. The van der Waals surface area contributed by atoms with E-state index in [9.17, 15) is 9.59 Å². The fraction of sp³-hybridized carbons (Fsp3) is 0.458. The van der Waals surface area contributed by atoms with E-state index in [-0.39, 0.29) is 12.5 Å². The molecule has 1 saturated heterocycles.